The second-order valence-electron chi connectivity index (χ2n) is 6.31. The molecule has 0 radical (unpaired) electrons. The van der Waals surface area contributed by atoms with Crippen LogP contribution in [0, 0.1) is 5.82 Å². The first-order valence-corrected chi connectivity index (χ1v) is 8.46. The number of benzene rings is 2. The van der Waals surface area contributed by atoms with E-state index >= 15 is 0 Å². The Kier molecular flexibility index (Phi) is 5.12. The Morgan fingerprint density at radius 1 is 1.16 bits per heavy atom. The van der Waals surface area contributed by atoms with Crippen molar-refractivity contribution in [1.29, 1.82) is 0 Å². The molecule has 1 aliphatic rings. The Balaban J connectivity index is 1.53. The molecule has 2 aromatic rings. The van der Waals surface area contributed by atoms with Crippen molar-refractivity contribution in [2.24, 2.45) is 0 Å². The maximum absolute atomic E-state index is 13.5. The molecule has 0 fully saturated rings. The van der Waals surface area contributed by atoms with Crippen molar-refractivity contribution in [3.63, 3.8) is 0 Å². The fraction of sp³-hybridized carbons (Fsp3) is 0.300. The summed E-state index contributed by atoms with van der Waals surface area (Å²) in [6, 6.07) is 14.3. The molecule has 2 amide bonds. The van der Waals surface area contributed by atoms with Gasteiger partial charge >= 0.3 is 0 Å². The summed E-state index contributed by atoms with van der Waals surface area (Å²) in [5.41, 5.74) is 2.57. The highest BCUT2D eigenvalue weighted by molar-refractivity contribution is 6.06. The Labute approximate surface area is 146 Å². The first kappa shape index (κ1) is 17.1. The predicted molar refractivity (Wildman–Crippen MR) is 94.8 cm³/mol. The van der Waals surface area contributed by atoms with Gasteiger partial charge < -0.3 is 10.2 Å². The summed E-state index contributed by atoms with van der Waals surface area (Å²) in [7, 11) is 0. The zero-order valence-electron chi connectivity index (χ0n) is 14.2. The van der Waals surface area contributed by atoms with E-state index in [2.05, 4.69) is 5.32 Å². The third kappa shape index (κ3) is 3.87. The fourth-order valence-electron chi connectivity index (χ4n) is 3.27. The van der Waals surface area contributed by atoms with Gasteiger partial charge in [0.1, 0.15) is 12.2 Å². The van der Waals surface area contributed by atoms with Crippen molar-refractivity contribution in [2.45, 2.75) is 32.2 Å². The minimum Gasteiger partial charge on any atom is -0.355 e. The average molecular weight is 340 g/mol. The lowest BCUT2D eigenvalue weighted by atomic mass is 10.1. The van der Waals surface area contributed by atoms with Gasteiger partial charge in [0, 0.05) is 18.3 Å². The Hall–Kier alpha value is -2.69. The molecule has 4 nitrogen and oxygen atoms in total. The van der Waals surface area contributed by atoms with E-state index in [0.717, 1.165) is 17.7 Å². The van der Waals surface area contributed by atoms with Crippen LogP contribution < -0.4 is 10.2 Å². The largest absolute Gasteiger partial charge is 0.355 e. The monoisotopic (exact) mass is 340 g/mol. The van der Waals surface area contributed by atoms with Gasteiger partial charge in [-0.15, -0.1) is 0 Å². The lowest BCUT2D eigenvalue weighted by Gasteiger charge is -2.22. The number of carbonyl (C=O) groups is 2. The van der Waals surface area contributed by atoms with Gasteiger partial charge in [-0.1, -0.05) is 36.4 Å². The lowest BCUT2D eigenvalue weighted by molar-refractivity contribution is -0.128. The first-order chi connectivity index (χ1) is 12.1. The molecule has 1 aliphatic heterocycles. The Morgan fingerprint density at radius 3 is 2.68 bits per heavy atom. The van der Waals surface area contributed by atoms with Crippen molar-refractivity contribution in [2.75, 3.05) is 11.4 Å². The minimum atomic E-state index is -0.335. The quantitative estimate of drug-likeness (QED) is 0.851. The molecule has 1 atom stereocenters. The van der Waals surface area contributed by atoms with E-state index in [-0.39, 0.29) is 30.1 Å². The van der Waals surface area contributed by atoms with Crippen LogP contribution in [0.1, 0.15) is 24.5 Å². The Morgan fingerprint density at radius 2 is 1.88 bits per heavy atom. The molecule has 0 saturated carbocycles. The van der Waals surface area contributed by atoms with Crippen molar-refractivity contribution in [3.8, 4) is 0 Å². The van der Waals surface area contributed by atoms with Crippen LogP contribution in [0.25, 0.3) is 0 Å². The predicted octanol–water partition coefficient (Wildman–Crippen LogP) is 2.85. The zero-order valence-corrected chi connectivity index (χ0v) is 14.2. The number of fused-ring (bicyclic) bond motifs is 1. The fourth-order valence-corrected chi connectivity index (χ4v) is 3.27. The van der Waals surface area contributed by atoms with E-state index in [9.17, 15) is 14.0 Å². The average Bonchev–Trinajstić information content (AvgIpc) is 2.92. The first-order valence-electron chi connectivity index (χ1n) is 8.46. The standard InChI is InChI=1S/C20H21FN2O2/c1-14-12-16-7-3-5-9-18(16)23(14)20(25)13-19(24)22-11-10-15-6-2-4-8-17(15)21/h2-9,14H,10-13H2,1H3,(H,22,24). The summed E-state index contributed by atoms with van der Waals surface area (Å²) in [5.74, 6) is -0.825. The summed E-state index contributed by atoms with van der Waals surface area (Å²) >= 11 is 0. The van der Waals surface area contributed by atoms with Gasteiger partial charge in [-0.05, 0) is 43.0 Å². The number of anilines is 1. The maximum Gasteiger partial charge on any atom is 0.236 e. The van der Waals surface area contributed by atoms with Crippen LogP contribution in [0.15, 0.2) is 48.5 Å². The van der Waals surface area contributed by atoms with Crippen molar-refractivity contribution < 1.29 is 14.0 Å². The molecule has 2 aromatic carbocycles. The van der Waals surface area contributed by atoms with Crippen LogP contribution in [-0.4, -0.2) is 24.4 Å². The van der Waals surface area contributed by atoms with Crippen molar-refractivity contribution in [3.05, 3.63) is 65.5 Å². The number of amides is 2. The number of para-hydroxylation sites is 1. The van der Waals surface area contributed by atoms with Crippen LogP contribution in [0.3, 0.4) is 0 Å². The zero-order chi connectivity index (χ0) is 17.8. The summed E-state index contributed by atoms with van der Waals surface area (Å²) in [4.78, 5) is 26.3. The van der Waals surface area contributed by atoms with E-state index in [0.29, 0.717) is 18.5 Å². The third-order valence-electron chi connectivity index (χ3n) is 4.46. The van der Waals surface area contributed by atoms with Crippen LogP contribution in [0.4, 0.5) is 10.1 Å². The van der Waals surface area contributed by atoms with Gasteiger partial charge in [0.2, 0.25) is 11.8 Å². The second-order valence-corrected chi connectivity index (χ2v) is 6.31. The molecule has 0 aromatic heterocycles. The SMILES string of the molecule is CC1Cc2ccccc2N1C(=O)CC(=O)NCCc1ccccc1F. The normalized spacial score (nSPS) is 15.8. The number of hydrogen-bond donors (Lipinski definition) is 1. The van der Waals surface area contributed by atoms with E-state index < -0.39 is 0 Å². The third-order valence-corrected chi connectivity index (χ3v) is 4.46. The van der Waals surface area contributed by atoms with Crippen LogP contribution in [0.2, 0.25) is 0 Å². The number of nitrogens with one attached hydrogen (secondary N) is 1. The molecular formula is C20H21FN2O2. The second kappa shape index (κ2) is 7.47. The molecular weight excluding hydrogens is 319 g/mol. The van der Waals surface area contributed by atoms with Crippen LogP contribution in [0.5, 0.6) is 0 Å². The molecule has 3 rings (SSSR count). The molecule has 25 heavy (non-hydrogen) atoms. The van der Waals surface area contributed by atoms with E-state index in [1.165, 1.54) is 6.07 Å². The summed E-state index contributed by atoms with van der Waals surface area (Å²) in [5, 5.41) is 2.70. The topological polar surface area (TPSA) is 49.4 Å². The minimum absolute atomic E-state index is 0.0520. The molecule has 0 bridgehead atoms. The molecule has 130 valence electrons. The number of halogens is 1. The highest BCUT2D eigenvalue weighted by Gasteiger charge is 2.31. The molecule has 0 spiro atoms. The Bertz CT molecular complexity index is 791. The molecule has 1 N–H and O–H groups in total. The number of hydrogen-bond acceptors (Lipinski definition) is 2. The van der Waals surface area contributed by atoms with Crippen molar-refractivity contribution >= 4 is 17.5 Å². The molecule has 1 heterocycles. The van der Waals surface area contributed by atoms with Crippen LogP contribution >= 0.6 is 0 Å². The lowest BCUT2D eigenvalue weighted by Crippen LogP contribution is -2.39. The number of carbonyl (C=O) groups excluding carboxylic acids is 2. The molecule has 1 unspecified atom stereocenters. The van der Waals surface area contributed by atoms with Gasteiger partial charge in [-0.3, -0.25) is 9.59 Å². The van der Waals surface area contributed by atoms with E-state index in [4.69, 9.17) is 0 Å². The maximum atomic E-state index is 13.5. The van der Waals surface area contributed by atoms with Crippen molar-refractivity contribution in [1.82, 2.24) is 5.32 Å². The van der Waals surface area contributed by atoms with E-state index in [1.807, 2.05) is 31.2 Å². The summed E-state index contributed by atoms with van der Waals surface area (Å²) < 4.78 is 13.5. The van der Waals surface area contributed by atoms with Gasteiger partial charge in [0.25, 0.3) is 0 Å². The van der Waals surface area contributed by atoms with E-state index in [1.54, 1.807) is 23.1 Å². The van der Waals surface area contributed by atoms with Gasteiger partial charge in [0.05, 0.1) is 0 Å². The van der Waals surface area contributed by atoms with Gasteiger partial charge in [-0.2, -0.15) is 0 Å². The molecule has 5 heteroatoms. The smallest absolute Gasteiger partial charge is 0.236 e. The summed E-state index contributed by atoms with van der Waals surface area (Å²) in [6.45, 7) is 2.28. The highest BCUT2D eigenvalue weighted by atomic mass is 19.1. The highest BCUT2D eigenvalue weighted by Crippen LogP contribution is 2.32. The molecule has 0 saturated heterocycles. The summed E-state index contributed by atoms with van der Waals surface area (Å²) in [6.07, 6.45) is 1.00. The van der Waals surface area contributed by atoms with Gasteiger partial charge in [0.15, 0.2) is 0 Å². The number of rotatable bonds is 5. The molecule has 0 aliphatic carbocycles. The van der Waals surface area contributed by atoms with Crippen LogP contribution in [-0.2, 0) is 22.4 Å². The van der Waals surface area contributed by atoms with Gasteiger partial charge in [-0.25, -0.2) is 4.39 Å². The number of nitrogens with zero attached hydrogens (tertiary/aromatic N) is 1.